The van der Waals surface area contributed by atoms with Gasteiger partial charge in [-0.05, 0) is 172 Å². The number of hydrogen-bond acceptors (Lipinski definition) is 19. The SMILES string of the molecule is C=CC(=O)N1CCCC(n2nc(-c3ccc(Oc4cccc(C)c4)cc3)c3c(N)n[nH]c(=O)c32)C1.C=CC(=O)N1CCCC(n2nc(-c3ccc(Oc4cccc(F)c4)cc3)c3c(N)n[nH]c(=O)c32)C1.C=CC(=O)N1CCCC(n2nc(-c3ccc(Oc4ccccn4)cc3)c3c(N)n[nH]c(=O)c32)C1. The molecular weight excluding hydrogens is 1330 g/mol. The number of aryl methyl sites for hydroxylation is 1. The monoisotopic (exact) mass is 1400 g/mol. The highest BCUT2D eigenvalue weighted by Gasteiger charge is 2.33. The van der Waals surface area contributed by atoms with E-state index in [0.29, 0.717) is 124 Å². The first-order valence-electron chi connectivity index (χ1n) is 33.5. The zero-order chi connectivity index (χ0) is 72.7. The van der Waals surface area contributed by atoms with E-state index in [1.807, 2.05) is 79.7 Å². The van der Waals surface area contributed by atoms with E-state index in [1.165, 1.54) is 30.4 Å². The molecule has 3 aliphatic rings. The number of nitrogen functional groups attached to an aromatic ring is 3. The summed E-state index contributed by atoms with van der Waals surface area (Å²) in [6.45, 7) is 15.9. The Bertz CT molecular complexity index is 5200. The van der Waals surface area contributed by atoms with Crippen LogP contribution in [-0.2, 0) is 14.4 Å². The van der Waals surface area contributed by atoms with Crippen molar-refractivity contribution in [3.05, 3.63) is 226 Å². The van der Waals surface area contributed by atoms with Gasteiger partial charge in [-0.2, -0.15) is 30.6 Å². The first-order valence-corrected chi connectivity index (χ1v) is 33.5. The quantitative estimate of drug-likeness (QED) is 0.0519. The molecule has 9 N–H and O–H groups in total. The molecule has 3 unspecified atom stereocenters. The zero-order valence-electron chi connectivity index (χ0n) is 56.5. The summed E-state index contributed by atoms with van der Waals surface area (Å²) in [7, 11) is 0. The molecule has 0 saturated carbocycles. The Morgan fingerprint density at radius 3 is 1.18 bits per heavy atom. The van der Waals surface area contributed by atoms with Gasteiger partial charge < -0.3 is 46.1 Å². The van der Waals surface area contributed by atoms with Gasteiger partial charge in [-0.3, -0.25) is 42.8 Å². The van der Waals surface area contributed by atoms with E-state index in [0.717, 1.165) is 61.0 Å². The van der Waals surface area contributed by atoms with Gasteiger partial charge in [0.25, 0.3) is 16.7 Å². The van der Waals surface area contributed by atoms with E-state index in [4.69, 9.17) is 46.7 Å². The number of benzene rings is 5. The predicted molar refractivity (Wildman–Crippen MR) is 391 cm³/mol. The molecule has 0 aliphatic carbocycles. The minimum atomic E-state index is -0.411. The summed E-state index contributed by atoms with van der Waals surface area (Å²) in [5.41, 5.74) is 23.4. The van der Waals surface area contributed by atoms with Gasteiger partial charge in [0, 0.05) is 74.3 Å². The van der Waals surface area contributed by atoms with E-state index < -0.39 is 5.56 Å². The van der Waals surface area contributed by atoms with Crippen LogP contribution in [0.3, 0.4) is 0 Å². The number of amides is 3. The number of carbonyl (C=O) groups excluding carboxylic acids is 3. The molecule has 3 atom stereocenters. The maximum Gasteiger partial charge on any atom is 0.290 e. The number of ether oxygens (including phenoxy) is 3. The number of nitrogens with zero attached hydrogens (tertiary/aromatic N) is 13. The summed E-state index contributed by atoms with van der Waals surface area (Å²) in [6, 6.07) is 40.4. The third-order valence-corrected chi connectivity index (χ3v) is 18.2. The highest BCUT2D eigenvalue weighted by atomic mass is 19.1. The number of carbonyl (C=O) groups is 3. The van der Waals surface area contributed by atoms with Crippen molar-refractivity contribution in [2.24, 2.45) is 0 Å². The van der Waals surface area contributed by atoms with Crippen molar-refractivity contribution in [2.75, 3.05) is 56.5 Å². The molecule has 0 bridgehead atoms. The van der Waals surface area contributed by atoms with Gasteiger partial charge in [0.05, 0.1) is 34.3 Å². The van der Waals surface area contributed by atoms with Gasteiger partial charge in [-0.25, -0.2) is 24.7 Å². The zero-order valence-corrected chi connectivity index (χ0v) is 56.5. The Morgan fingerprint density at radius 1 is 0.471 bits per heavy atom. The molecule has 7 aromatic heterocycles. The number of aromatic amines is 3. The van der Waals surface area contributed by atoms with Crippen LogP contribution in [0.2, 0.25) is 0 Å². The third-order valence-electron chi connectivity index (χ3n) is 18.2. The number of pyridine rings is 1. The van der Waals surface area contributed by atoms with Crippen molar-refractivity contribution < 1.29 is 33.0 Å². The van der Waals surface area contributed by atoms with Crippen LogP contribution in [-0.4, -0.2) is 137 Å². The van der Waals surface area contributed by atoms with Crippen LogP contribution < -0.4 is 48.1 Å². The molecule has 28 nitrogen and oxygen atoms in total. The second-order valence-electron chi connectivity index (χ2n) is 25.0. The fourth-order valence-electron chi connectivity index (χ4n) is 13.2. The number of nitrogens with one attached hydrogen (secondary N) is 3. The lowest BCUT2D eigenvalue weighted by atomic mass is 10.1. The van der Waals surface area contributed by atoms with Crippen LogP contribution in [0.5, 0.6) is 34.6 Å². The molecule has 29 heteroatoms. The van der Waals surface area contributed by atoms with Crippen molar-refractivity contribution in [3.8, 4) is 68.4 Å². The highest BCUT2D eigenvalue weighted by molar-refractivity contribution is 6.02. The van der Waals surface area contributed by atoms with Crippen molar-refractivity contribution in [2.45, 2.75) is 63.6 Å². The normalized spacial score (nSPS) is 15.8. The number of fused-ring (bicyclic) bond motifs is 3. The standard InChI is InChI=1S/C26H26N6O3.C25H23FN6O3.C24H23N7O3/c1-3-21(33)31-13-5-7-18(15-31)32-24-22(25(27)28-29-26(24)34)23(30-32)17-9-11-19(12-10-17)35-20-8-4-6-16(2)14-20;1-2-20(33)31-12-4-6-17(14-31)32-23-21(24(27)28-29-25(23)34)22(30-32)15-8-10-18(11-9-15)35-19-7-3-5-16(26)13-19;1-2-19(32)30-13-5-6-16(14-30)31-22-20(23(25)27-28-24(22)33)21(29-31)15-8-10-17(11-9-15)34-18-7-3-4-12-26-18/h3-4,6,8-12,14,18H,1,5,7,13,15H2,2H3,(H2,27,28)(H,29,34);2-3,5,7-11,13,17H,1,4,6,12,14H2,(H2,27,28)(H,29,34);2-4,7-12,16H,1,5-6,13-14H2,(H2,25,27)(H,28,33). The van der Waals surface area contributed by atoms with Gasteiger partial charge >= 0.3 is 0 Å². The maximum atomic E-state index is 13.5. The molecule has 0 radical (unpaired) electrons. The summed E-state index contributed by atoms with van der Waals surface area (Å²) < 4.78 is 35.9. The molecule has 104 heavy (non-hydrogen) atoms. The van der Waals surface area contributed by atoms with E-state index in [-0.39, 0.29) is 70.2 Å². The molecule has 0 spiro atoms. The van der Waals surface area contributed by atoms with Crippen LogP contribution in [0.1, 0.15) is 62.2 Å². The van der Waals surface area contributed by atoms with Crippen LogP contribution in [0.25, 0.3) is 66.5 Å². The number of aromatic nitrogens is 13. The molecule has 12 aromatic rings. The van der Waals surface area contributed by atoms with Gasteiger partial charge in [0.15, 0.2) is 17.5 Å². The van der Waals surface area contributed by atoms with Crippen LogP contribution in [0, 0.1) is 12.7 Å². The largest absolute Gasteiger partial charge is 0.457 e. The molecule has 528 valence electrons. The van der Waals surface area contributed by atoms with E-state index >= 15 is 0 Å². The van der Waals surface area contributed by atoms with Crippen molar-refractivity contribution >= 4 is 67.9 Å². The topological polar surface area (TPSA) is 370 Å². The Hall–Kier alpha value is -13.3. The smallest absolute Gasteiger partial charge is 0.290 e. The number of likely N-dealkylation sites (tertiary alicyclic amines) is 3. The molecule has 3 aliphatic heterocycles. The van der Waals surface area contributed by atoms with E-state index in [2.05, 4.69) is 55.3 Å². The lowest BCUT2D eigenvalue weighted by Gasteiger charge is -2.32. The average Bonchev–Trinajstić information content (AvgIpc) is 1.61. The summed E-state index contributed by atoms with van der Waals surface area (Å²) in [6.07, 6.45) is 10.2. The van der Waals surface area contributed by atoms with Crippen molar-refractivity contribution in [1.29, 1.82) is 0 Å². The number of hydrogen-bond donors (Lipinski definition) is 6. The Kier molecular flexibility index (Phi) is 20.1. The first-order chi connectivity index (χ1) is 50.4. The average molecular weight is 1400 g/mol. The maximum absolute atomic E-state index is 13.5. The Labute approximate surface area is 592 Å². The van der Waals surface area contributed by atoms with Gasteiger partial charge in [0.2, 0.25) is 23.6 Å². The molecule has 3 saturated heterocycles. The van der Waals surface area contributed by atoms with E-state index in [1.54, 1.807) is 89.5 Å². The molecule has 5 aromatic carbocycles. The predicted octanol–water partition coefficient (Wildman–Crippen LogP) is 10.4. The second kappa shape index (κ2) is 30.2. The Morgan fingerprint density at radius 2 is 0.837 bits per heavy atom. The third kappa shape index (κ3) is 14.6. The number of piperidine rings is 3. The summed E-state index contributed by atoms with van der Waals surface area (Å²) in [4.78, 5) is 84.3. The van der Waals surface area contributed by atoms with Gasteiger partial charge in [0.1, 0.15) is 68.2 Å². The molecule has 3 fully saturated rings. The fourth-order valence-corrected chi connectivity index (χ4v) is 13.2. The summed E-state index contributed by atoms with van der Waals surface area (Å²) in [5.74, 6) is 3.12. The number of nitrogens with two attached hydrogens (primary N) is 3. The molecule has 15 rings (SSSR count). The number of rotatable bonds is 15. The Balaban J connectivity index is 0.000000139. The second-order valence-corrected chi connectivity index (χ2v) is 25.0. The first kappa shape index (κ1) is 69.2. The summed E-state index contributed by atoms with van der Waals surface area (Å²) in [5, 5.41) is 35.0. The lowest BCUT2D eigenvalue weighted by molar-refractivity contribution is -0.128. The minimum Gasteiger partial charge on any atom is -0.457 e. The fraction of sp³-hybridized carbons (Fsp3) is 0.213. The molecule has 10 heterocycles. The van der Waals surface area contributed by atoms with Crippen molar-refractivity contribution in [3.63, 3.8) is 0 Å². The van der Waals surface area contributed by atoms with Gasteiger partial charge in [-0.15, -0.1) is 0 Å². The summed E-state index contributed by atoms with van der Waals surface area (Å²) >= 11 is 0. The highest BCUT2D eigenvalue weighted by Crippen LogP contribution is 2.39. The number of halogens is 1. The number of anilines is 3. The minimum absolute atomic E-state index is 0.134. The lowest BCUT2D eigenvalue weighted by Crippen LogP contribution is -2.40. The van der Waals surface area contributed by atoms with E-state index in [9.17, 15) is 33.2 Å². The van der Waals surface area contributed by atoms with Crippen molar-refractivity contribution in [1.82, 2.24) is 79.6 Å². The van der Waals surface area contributed by atoms with Crippen LogP contribution >= 0.6 is 0 Å². The van der Waals surface area contributed by atoms with Crippen LogP contribution in [0.4, 0.5) is 21.8 Å². The number of H-pyrrole nitrogens is 3. The van der Waals surface area contributed by atoms with Crippen LogP contribution in [0.15, 0.2) is 198 Å². The molecular formula is C75H72FN19O9. The molecule has 3 amide bonds. The van der Waals surface area contributed by atoms with Gasteiger partial charge in [-0.1, -0.05) is 44.0 Å².